The number of sulfonamides is 1. The molecule has 3 saturated heterocycles. The summed E-state index contributed by atoms with van der Waals surface area (Å²) in [5.41, 5.74) is 0. The van der Waals surface area contributed by atoms with Gasteiger partial charge in [-0.3, -0.25) is 4.90 Å². The number of piperazine rings is 3. The number of quaternary nitrogens is 1. The van der Waals surface area contributed by atoms with E-state index in [4.69, 9.17) is 9.63 Å². The zero-order chi connectivity index (χ0) is 23.3. The van der Waals surface area contributed by atoms with Crippen molar-refractivity contribution in [3.63, 3.8) is 0 Å². The molecule has 4 heterocycles. The van der Waals surface area contributed by atoms with E-state index >= 15 is 0 Å². The summed E-state index contributed by atoms with van der Waals surface area (Å²) in [6.07, 6.45) is -1.30. The molecule has 0 saturated carbocycles. The molecule has 0 amide bonds. The number of hydrogen-bond acceptors (Lipinski definition) is 7. The molecule has 178 valence electrons. The Bertz CT molecular complexity index is 1180. The zero-order valence-corrected chi connectivity index (χ0v) is 19.2. The van der Waals surface area contributed by atoms with Crippen molar-refractivity contribution in [3.05, 3.63) is 23.5 Å². The minimum Gasteiger partial charge on any atom is -0.778 e. The number of halogens is 3. The maximum atomic E-state index is 15.0. The fourth-order valence-corrected chi connectivity index (χ4v) is 7.45. The second-order valence-corrected chi connectivity index (χ2v) is 12.6. The van der Waals surface area contributed by atoms with Crippen LogP contribution in [0.4, 0.5) is 13.2 Å². The normalized spacial score (nSPS) is 25.2. The average molecular weight is 515 g/mol. The molecule has 1 aromatic heterocycles. The number of ether oxygens (including phenoxy) is 1. The monoisotopic (exact) mass is 515 g/mol. The van der Waals surface area contributed by atoms with Gasteiger partial charge in [-0.1, -0.05) is 0 Å². The summed E-state index contributed by atoms with van der Waals surface area (Å²) in [5, 5.41) is -0.610. The van der Waals surface area contributed by atoms with Crippen molar-refractivity contribution < 1.29 is 45.2 Å². The summed E-state index contributed by atoms with van der Waals surface area (Å²) in [7, 11) is -9.47. The molecule has 3 aliphatic rings. The van der Waals surface area contributed by atoms with E-state index in [0.29, 0.717) is 23.9 Å². The highest BCUT2D eigenvalue weighted by atomic mass is 32.2. The molecule has 3 aliphatic heterocycles. The Kier molecular flexibility index (Phi) is 6.36. The van der Waals surface area contributed by atoms with Gasteiger partial charge in [-0.15, -0.1) is 11.3 Å². The quantitative estimate of drug-likeness (QED) is 0.301. The molecule has 5 rings (SSSR count). The van der Waals surface area contributed by atoms with Gasteiger partial charge < -0.3 is 23.6 Å². The van der Waals surface area contributed by atoms with Crippen LogP contribution in [0.25, 0.3) is 10.1 Å². The zero-order valence-electron chi connectivity index (χ0n) is 16.7. The van der Waals surface area contributed by atoms with Crippen molar-refractivity contribution in [2.75, 3.05) is 58.7 Å². The van der Waals surface area contributed by atoms with Crippen LogP contribution in [0.2, 0.25) is 0 Å². The Labute approximate surface area is 186 Å². The van der Waals surface area contributed by atoms with E-state index in [-0.39, 0.29) is 6.61 Å². The van der Waals surface area contributed by atoms with E-state index in [1.807, 2.05) is 0 Å². The van der Waals surface area contributed by atoms with E-state index in [2.05, 4.69) is 4.90 Å². The first-order valence-corrected chi connectivity index (χ1v) is 13.8. The number of fused-ring (bicyclic) bond motifs is 4. The van der Waals surface area contributed by atoms with Gasteiger partial charge in [0.05, 0.1) is 30.6 Å². The molecule has 0 aliphatic carbocycles. The number of nitrogens with zero attached hydrogens (tertiary/aromatic N) is 2. The molecule has 1 atom stereocenters. The topological polar surface area (TPSA) is 119 Å². The van der Waals surface area contributed by atoms with Gasteiger partial charge >= 0.3 is 0 Å². The summed E-state index contributed by atoms with van der Waals surface area (Å²) >= 11 is 0.295. The summed E-state index contributed by atoms with van der Waals surface area (Å²) in [6, 6.07) is 0.701. The molecule has 15 heteroatoms. The van der Waals surface area contributed by atoms with Crippen molar-refractivity contribution in [3.8, 4) is 5.75 Å². The third-order valence-electron chi connectivity index (χ3n) is 5.94. The molecule has 1 aromatic carbocycles. The second-order valence-electron chi connectivity index (χ2n) is 7.95. The van der Waals surface area contributed by atoms with Crippen LogP contribution in [0.3, 0.4) is 0 Å². The molecule has 1 unspecified atom stereocenters. The molecule has 2 aromatic rings. The van der Waals surface area contributed by atoms with Gasteiger partial charge in [0.15, 0.2) is 17.4 Å². The van der Waals surface area contributed by atoms with Crippen LogP contribution in [0, 0.1) is 17.5 Å². The van der Waals surface area contributed by atoms with Gasteiger partial charge in [-0.25, -0.2) is 21.9 Å². The fraction of sp³-hybridized carbons (Fsp3) is 0.529. The molecular weight excluding hydrogens is 494 g/mol. The van der Waals surface area contributed by atoms with Crippen molar-refractivity contribution in [1.82, 2.24) is 9.62 Å². The van der Waals surface area contributed by atoms with Gasteiger partial charge in [0.1, 0.15) is 25.0 Å². The van der Waals surface area contributed by atoms with Crippen molar-refractivity contribution in [2.24, 2.45) is 0 Å². The highest BCUT2D eigenvalue weighted by Crippen LogP contribution is 2.39. The van der Waals surface area contributed by atoms with Crippen LogP contribution in [-0.2, 0) is 14.6 Å². The smallest absolute Gasteiger partial charge is 0.250 e. The lowest BCUT2D eigenvalue weighted by atomic mass is 10.1. The SMILES string of the molecule is O=P([O-])(O)CNS(=O)(=O)c1cc2c(F)c(F)c(OCC[N+]34CCN(CC3)CC4)c(F)c2s1. The molecule has 9 nitrogen and oxygen atoms in total. The third kappa shape index (κ3) is 4.68. The Morgan fingerprint density at radius 2 is 1.81 bits per heavy atom. The lowest BCUT2D eigenvalue weighted by Crippen LogP contribution is -2.68. The lowest BCUT2D eigenvalue weighted by Gasteiger charge is -2.50. The molecular formula is C17H21F3N3O6PS2. The highest BCUT2D eigenvalue weighted by molar-refractivity contribution is 7.92. The molecule has 0 spiro atoms. The number of thiophene rings is 1. The van der Waals surface area contributed by atoms with Crippen LogP contribution < -0.4 is 14.4 Å². The van der Waals surface area contributed by atoms with Gasteiger partial charge in [0.25, 0.3) is 10.0 Å². The van der Waals surface area contributed by atoms with E-state index in [0.717, 1.165) is 43.8 Å². The summed E-state index contributed by atoms with van der Waals surface area (Å²) < 4.78 is 85.9. The summed E-state index contributed by atoms with van der Waals surface area (Å²) in [6.45, 7) is 6.04. The van der Waals surface area contributed by atoms with E-state index in [1.165, 1.54) is 0 Å². The molecule has 32 heavy (non-hydrogen) atoms. The van der Waals surface area contributed by atoms with Gasteiger partial charge in [0.2, 0.25) is 5.82 Å². The van der Waals surface area contributed by atoms with Crippen LogP contribution in [0.5, 0.6) is 5.75 Å². The molecule has 2 N–H and O–H groups in total. The van der Waals surface area contributed by atoms with E-state index in [1.54, 1.807) is 4.72 Å². The van der Waals surface area contributed by atoms with E-state index < -0.39 is 61.4 Å². The maximum Gasteiger partial charge on any atom is 0.250 e. The number of hydrogen-bond donors (Lipinski definition) is 2. The Balaban J connectivity index is 1.57. The first-order valence-electron chi connectivity index (χ1n) is 9.74. The fourth-order valence-electron chi connectivity index (χ4n) is 4.02. The van der Waals surface area contributed by atoms with Gasteiger partial charge in [0, 0.05) is 25.0 Å². The predicted octanol–water partition coefficient (Wildman–Crippen LogP) is 0.625. The minimum absolute atomic E-state index is 0.0356. The van der Waals surface area contributed by atoms with Gasteiger partial charge in [-0.2, -0.15) is 4.39 Å². The van der Waals surface area contributed by atoms with Crippen molar-refractivity contribution in [1.29, 1.82) is 0 Å². The first-order chi connectivity index (χ1) is 14.9. The van der Waals surface area contributed by atoms with Crippen LogP contribution >= 0.6 is 18.9 Å². The van der Waals surface area contributed by atoms with Crippen molar-refractivity contribution in [2.45, 2.75) is 4.21 Å². The highest BCUT2D eigenvalue weighted by Gasteiger charge is 2.38. The predicted molar refractivity (Wildman–Crippen MR) is 108 cm³/mol. The summed E-state index contributed by atoms with van der Waals surface area (Å²) in [5.74, 6) is -5.18. The average Bonchev–Trinajstić information content (AvgIpc) is 3.21. The number of nitrogens with one attached hydrogen (secondary N) is 1. The standard InChI is InChI=1S/C17H21F3N3O6PS2/c18-13-11-9-12(32(27,28)21-10-30(24,25)26)31-17(11)15(20)16(14(13)19)29-8-7-23-4-1-22(2-5-23)3-6-23/h9,21H,1-8,10H2,(H-,24,25,26). The second kappa shape index (κ2) is 8.51. The summed E-state index contributed by atoms with van der Waals surface area (Å²) in [4.78, 5) is 21.9. The van der Waals surface area contributed by atoms with Crippen LogP contribution in [0.1, 0.15) is 0 Å². The number of rotatable bonds is 8. The molecule has 3 fully saturated rings. The Morgan fingerprint density at radius 3 is 2.41 bits per heavy atom. The van der Waals surface area contributed by atoms with E-state index in [9.17, 15) is 31.0 Å². The first kappa shape index (κ1) is 23.9. The molecule has 2 bridgehead atoms. The van der Waals surface area contributed by atoms with Crippen LogP contribution in [0.15, 0.2) is 10.3 Å². The van der Waals surface area contributed by atoms with Crippen molar-refractivity contribution >= 4 is 39.0 Å². The minimum atomic E-state index is -4.95. The third-order valence-corrected chi connectivity index (χ3v) is 9.71. The van der Waals surface area contributed by atoms with Gasteiger partial charge in [-0.05, 0) is 6.07 Å². The number of benzene rings is 1. The maximum absolute atomic E-state index is 15.0. The van der Waals surface area contributed by atoms with Crippen LogP contribution in [-0.4, -0.2) is 81.4 Å². The molecule has 0 radical (unpaired) electrons. The Morgan fingerprint density at radius 1 is 1.19 bits per heavy atom. The largest absolute Gasteiger partial charge is 0.778 e. The lowest BCUT2D eigenvalue weighted by molar-refractivity contribution is -0.940. The Hall–Kier alpha value is -1.25.